The van der Waals surface area contributed by atoms with Crippen molar-refractivity contribution in [3.8, 4) is 0 Å². The molecule has 2 heteroatoms. The molecule has 0 aliphatic heterocycles. The quantitative estimate of drug-likeness (QED) is 0.809. The Labute approximate surface area is 118 Å². The van der Waals surface area contributed by atoms with Gasteiger partial charge < -0.3 is 5.73 Å². The van der Waals surface area contributed by atoms with Crippen LogP contribution in [0.3, 0.4) is 0 Å². The SMILES string of the molecule is CC(=O)C(N)(CC1CCCCC1)CC1CCCCC1. The van der Waals surface area contributed by atoms with Gasteiger partial charge in [-0.1, -0.05) is 64.2 Å². The first-order valence-corrected chi connectivity index (χ1v) is 8.40. The molecule has 0 heterocycles. The molecule has 19 heavy (non-hydrogen) atoms. The maximum absolute atomic E-state index is 12.1. The minimum absolute atomic E-state index is 0.226. The number of nitrogens with two attached hydrogens (primary N) is 1. The second-order valence-electron chi connectivity index (χ2n) is 7.13. The Morgan fingerprint density at radius 1 is 0.895 bits per heavy atom. The van der Waals surface area contributed by atoms with Gasteiger partial charge in [-0.3, -0.25) is 4.79 Å². The zero-order valence-electron chi connectivity index (χ0n) is 12.6. The van der Waals surface area contributed by atoms with Crippen LogP contribution in [0.25, 0.3) is 0 Å². The average molecular weight is 265 g/mol. The first-order chi connectivity index (χ1) is 9.10. The van der Waals surface area contributed by atoms with Crippen LogP contribution < -0.4 is 5.73 Å². The maximum Gasteiger partial charge on any atom is 0.149 e. The normalized spacial score (nSPS) is 23.5. The van der Waals surface area contributed by atoms with Crippen molar-refractivity contribution in [3.63, 3.8) is 0 Å². The summed E-state index contributed by atoms with van der Waals surface area (Å²) in [6, 6.07) is 0. The molecule has 2 N–H and O–H groups in total. The molecule has 0 atom stereocenters. The molecule has 2 aliphatic carbocycles. The van der Waals surface area contributed by atoms with Gasteiger partial charge in [0.25, 0.3) is 0 Å². The molecular formula is C17H31NO. The number of Topliss-reactive ketones (excluding diaryl/α,β-unsaturated/α-hetero) is 1. The Bertz CT molecular complexity index is 268. The van der Waals surface area contributed by atoms with E-state index >= 15 is 0 Å². The minimum Gasteiger partial charge on any atom is -0.319 e. The number of rotatable bonds is 5. The zero-order valence-corrected chi connectivity index (χ0v) is 12.6. The number of hydrogen-bond acceptors (Lipinski definition) is 2. The van der Waals surface area contributed by atoms with Gasteiger partial charge in [0.15, 0.2) is 0 Å². The van der Waals surface area contributed by atoms with E-state index in [1.807, 2.05) is 0 Å². The summed E-state index contributed by atoms with van der Waals surface area (Å²) in [5, 5.41) is 0. The largest absolute Gasteiger partial charge is 0.319 e. The van der Waals surface area contributed by atoms with Crippen molar-refractivity contribution < 1.29 is 4.79 Å². The third-order valence-electron chi connectivity index (χ3n) is 5.46. The molecule has 0 radical (unpaired) electrons. The van der Waals surface area contributed by atoms with Crippen LogP contribution in [0.4, 0.5) is 0 Å². The Morgan fingerprint density at radius 3 is 1.58 bits per heavy atom. The molecule has 0 amide bonds. The molecule has 2 aliphatic rings. The van der Waals surface area contributed by atoms with Crippen molar-refractivity contribution >= 4 is 5.78 Å². The molecular weight excluding hydrogens is 234 g/mol. The fourth-order valence-corrected chi connectivity index (χ4v) is 4.18. The number of hydrogen-bond donors (Lipinski definition) is 1. The van der Waals surface area contributed by atoms with E-state index in [9.17, 15) is 4.79 Å². The van der Waals surface area contributed by atoms with Gasteiger partial charge in [-0.15, -0.1) is 0 Å². The van der Waals surface area contributed by atoms with Crippen molar-refractivity contribution in [2.24, 2.45) is 17.6 Å². The highest BCUT2D eigenvalue weighted by Gasteiger charge is 2.36. The van der Waals surface area contributed by atoms with Crippen LogP contribution >= 0.6 is 0 Å². The maximum atomic E-state index is 12.1. The summed E-state index contributed by atoms with van der Waals surface area (Å²) in [5.74, 6) is 1.63. The Kier molecular flexibility index (Phi) is 5.44. The smallest absolute Gasteiger partial charge is 0.149 e. The van der Waals surface area contributed by atoms with Gasteiger partial charge in [-0.2, -0.15) is 0 Å². The van der Waals surface area contributed by atoms with Crippen LogP contribution in [-0.4, -0.2) is 11.3 Å². The minimum atomic E-state index is -0.524. The van der Waals surface area contributed by atoms with Gasteiger partial charge >= 0.3 is 0 Å². The van der Waals surface area contributed by atoms with E-state index in [4.69, 9.17) is 5.73 Å². The summed E-state index contributed by atoms with van der Waals surface area (Å²) >= 11 is 0. The number of carbonyl (C=O) groups excluding carboxylic acids is 1. The molecule has 0 saturated heterocycles. The third-order valence-corrected chi connectivity index (χ3v) is 5.46. The predicted molar refractivity (Wildman–Crippen MR) is 80.0 cm³/mol. The lowest BCUT2D eigenvalue weighted by Gasteiger charge is -2.36. The van der Waals surface area contributed by atoms with Crippen molar-refractivity contribution in [3.05, 3.63) is 0 Å². The van der Waals surface area contributed by atoms with Crippen molar-refractivity contribution in [2.75, 3.05) is 0 Å². The average Bonchev–Trinajstić information content (AvgIpc) is 2.40. The van der Waals surface area contributed by atoms with Crippen molar-refractivity contribution in [1.29, 1.82) is 0 Å². The molecule has 110 valence electrons. The van der Waals surface area contributed by atoms with Crippen LogP contribution in [-0.2, 0) is 4.79 Å². The summed E-state index contributed by atoms with van der Waals surface area (Å²) in [4.78, 5) is 12.1. The second-order valence-corrected chi connectivity index (χ2v) is 7.13. The van der Waals surface area contributed by atoms with Crippen molar-refractivity contribution in [1.82, 2.24) is 0 Å². The molecule has 2 fully saturated rings. The summed E-state index contributed by atoms with van der Waals surface area (Å²) in [5.41, 5.74) is 6.03. The van der Waals surface area contributed by atoms with Crippen LogP contribution in [0.15, 0.2) is 0 Å². The van der Waals surface area contributed by atoms with E-state index in [1.54, 1.807) is 6.92 Å². The van der Waals surface area contributed by atoms with E-state index in [0.29, 0.717) is 11.8 Å². The highest BCUT2D eigenvalue weighted by atomic mass is 16.1. The third kappa shape index (κ3) is 4.30. The lowest BCUT2D eigenvalue weighted by molar-refractivity contribution is -0.123. The highest BCUT2D eigenvalue weighted by molar-refractivity contribution is 5.85. The molecule has 2 nitrogen and oxygen atoms in total. The van der Waals surface area contributed by atoms with E-state index < -0.39 is 5.54 Å². The Hall–Kier alpha value is -0.370. The standard InChI is InChI=1S/C17H31NO/c1-14(19)17(18,12-15-8-4-2-5-9-15)13-16-10-6-3-7-11-16/h15-16H,2-13,18H2,1H3. The van der Waals surface area contributed by atoms with Gasteiger partial charge in [-0.05, 0) is 31.6 Å². The molecule has 0 spiro atoms. The number of ketones is 1. The highest BCUT2D eigenvalue weighted by Crippen LogP contribution is 2.36. The van der Waals surface area contributed by atoms with Crippen molar-refractivity contribution in [2.45, 2.75) is 89.5 Å². The summed E-state index contributed by atoms with van der Waals surface area (Å²) < 4.78 is 0. The molecule has 0 unspecified atom stereocenters. The van der Waals surface area contributed by atoms with Crippen LogP contribution in [0.2, 0.25) is 0 Å². The van der Waals surface area contributed by atoms with Crippen LogP contribution in [0.1, 0.15) is 84.0 Å². The lowest BCUT2D eigenvalue weighted by Crippen LogP contribution is -2.50. The van der Waals surface area contributed by atoms with Crippen LogP contribution in [0.5, 0.6) is 0 Å². The predicted octanol–water partition coefficient (Wildman–Crippen LogP) is 4.21. The van der Waals surface area contributed by atoms with E-state index in [2.05, 4.69) is 0 Å². The summed E-state index contributed by atoms with van der Waals surface area (Å²) in [6.07, 6.45) is 15.1. The number of carbonyl (C=O) groups is 1. The van der Waals surface area contributed by atoms with Crippen LogP contribution in [0, 0.1) is 11.8 Å². The van der Waals surface area contributed by atoms with Gasteiger partial charge in [0.1, 0.15) is 5.78 Å². The van der Waals surface area contributed by atoms with E-state index in [1.165, 1.54) is 64.2 Å². The molecule has 2 saturated carbocycles. The van der Waals surface area contributed by atoms with Gasteiger partial charge in [0, 0.05) is 0 Å². The lowest BCUT2D eigenvalue weighted by atomic mass is 9.72. The van der Waals surface area contributed by atoms with Gasteiger partial charge in [-0.25, -0.2) is 0 Å². The first-order valence-electron chi connectivity index (χ1n) is 8.40. The molecule has 0 aromatic heterocycles. The summed E-state index contributed by atoms with van der Waals surface area (Å²) in [6.45, 7) is 1.71. The molecule has 0 bridgehead atoms. The first kappa shape index (κ1) is 15.0. The topological polar surface area (TPSA) is 43.1 Å². The van der Waals surface area contributed by atoms with Gasteiger partial charge in [0.05, 0.1) is 5.54 Å². The monoisotopic (exact) mass is 265 g/mol. The molecule has 0 aromatic rings. The van der Waals surface area contributed by atoms with Gasteiger partial charge in [0.2, 0.25) is 0 Å². The Morgan fingerprint density at radius 2 is 1.26 bits per heavy atom. The fourth-order valence-electron chi connectivity index (χ4n) is 4.18. The van der Waals surface area contributed by atoms with E-state index in [-0.39, 0.29) is 5.78 Å². The molecule has 0 aromatic carbocycles. The second kappa shape index (κ2) is 6.88. The molecule has 2 rings (SSSR count). The summed E-state index contributed by atoms with van der Waals surface area (Å²) in [7, 11) is 0. The fraction of sp³-hybridized carbons (Fsp3) is 0.941. The zero-order chi connectivity index (χ0) is 13.7. The Balaban J connectivity index is 1.93. The van der Waals surface area contributed by atoms with E-state index in [0.717, 1.165) is 12.8 Å².